The molecule has 0 unspecified atom stereocenters. The molecule has 0 saturated heterocycles. The van der Waals surface area contributed by atoms with Gasteiger partial charge in [-0.1, -0.05) is 6.07 Å². The molecule has 6 nitrogen and oxygen atoms in total. The van der Waals surface area contributed by atoms with Gasteiger partial charge >= 0.3 is 0 Å². The van der Waals surface area contributed by atoms with Gasteiger partial charge in [0, 0.05) is 30.1 Å². The number of benzene rings is 1. The van der Waals surface area contributed by atoms with Crippen molar-refractivity contribution in [2.75, 3.05) is 11.9 Å². The second-order valence-electron chi connectivity index (χ2n) is 5.18. The number of hydrogen-bond acceptors (Lipinski definition) is 3. The number of anilines is 1. The van der Waals surface area contributed by atoms with Gasteiger partial charge < -0.3 is 15.6 Å². The van der Waals surface area contributed by atoms with Crippen molar-refractivity contribution in [1.29, 1.82) is 0 Å². The van der Waals surface area contributed by atoms with E-state index >= 15 is 0 Å². The van der Waals surface area contributed by atoms with Gasteiger partial charge in [-0.05, 0) is 36.4 Å². The summed E-state index contributed by atoms with van der Waals surface area (Å²) < 4.78 is 13.2. The topological polar surface area (TPSA) is 86.9 Å². The second kappa shape index (κ2) is 6.91. The van der Waals surface area contributed by atoms with Gasteiger partial charge in [0.25, 0.3) is 5.91 Å². The number of pyridine rings is 1. The first kappa shape index (κ1) is 15.7. The van der Waals surface area contributed by atoms with Gasteiger partial charge in [-0.2, -0.15) is 0 Å². The monoisotopic (exact) mass is 326 g/mol. The number of amides is 2. The van der Waals surface area contributed by atoms with Crippen LogP contribution in [-0.4, -0.2) is 28.3 Å². The van der Waals surface area contributed by atoms with E-state index in [1.165, 1.54) is 12.1 Å². The molecule has 0 bridgehead atoms. The molecule has 0 aliphatic rings. The minimum Gasteiger partial charge on any atom is -0.351 e. The fourth-order valence-corrected chi connectivity index (χ4v) is 2.25. The van der Waals surface area contributed by atoms with Crippen molar-refractivity contribution in [2.24, 2.45) is 0 Å². The minimum absolute atomic E-state index is 0.122. The summed E-state index contributed by atoms with van der Waals surface area (Å²) >= 11 is 0. The van der Waals surface area contributed by atoms with Gasteiger partial charge in [0.15, 0.2) is 0 Å². The number of H-pyrrole nitrogens is 1. The van der Waals surface area contributed by atoms with Crippen LogP contribution in [0.25, 0.3) is 10.9 Å². The number of hydrogen-bond donors (Lipinski definition) is 3. The molecule has 24 heavy (non-hydrogen) atoms. The SMILES string of the molecule is O=C(CCNC(=O)c1cc2cc(F)ccc2[nH]1)Nc1ccccn1. The minimum atomic E-state index is -0.361. The Morgan fingerprint density at radius 1 is 1.17 bits per heavy atom. The quantitative estimate of drug-likeness (QED) is 0.673. The van der Waals surface area contributed by atoms with Crippen LogP contribution in [0.3, 0.4) is 0 Å². The van der Waals surface area contributed by atoms with Gasteiger partial charge in [-0.3, -0.25) is 9.59 Å². The lowest BCUT2D eigenvalue weighted by Gasteiger charge is -2.05. The zero-order valence-electron chi connectivity index (χ0n) is 12.7. The molecular weight excluding hydrogens is 311 g/mol. The summed E-state index contributed by atoms with van der Waals surface area (Å²) in [5, 5.41) is 5.90. The highest BCUT2D eigenvalue weighted by Crippen LogP contribution is 2.16. The lowest BCUT2D eigenvalue weighted by Crippen LogP contribution is -2.28. The van der Waals surface area contributed by atoms with E-state index in [2.05, 4.69) is 20.6 Å². The summed E-state index contributed by atoms with van der Waals surface area (Å²) in [5.41, 5.74) is 0.996. The summed E-state index contributed by atoms with van der Waals surface area (Å²) in [6.45, 7) is 0.182. The third kappa shape index (κ3) is 3.75. The molecule has 2 amide bonds. The van der Waals surface area contributed by atoms with Crippen LogP contribution in [0.4, 0.5) is 10.2 Å². The molecule has 0 saturated carbocycles. The van der Waals surface area contributed by atoms with Crippen LogP contribution in [0.15, 0.2) is 48.7 Å². The molecule has 2 aromatic heterocycles. The molecule has 0 aliphatic carbocycles. The zero-order valence-corrected chi connectivity index (χ0v) is 12.7. The number of nitrogens with zero attached hydrogens (tertiary/aromatic N) is 1. The van der Waals surface area contributed by atoms with Gasteiger partial charge in [0.1, 0.15) is 17.3 Å². The van der Waals surface area contributed by atoms with Crippen molar-refractivity contribution in [2.45, 2.75) is 6.42 Å². The number of aromatic nitrogens is 2. The summed E-state index contributed by atoms with van der Waals surface area (Å²) in [6, 6.07) is 11.0. The van der Waals surface area contributed by atoms with Crippen molar-refractivity contribution in [3.63, 3.8) is 0 Å². The zero-order chi connectivity index (χ0) is 16.9. The number of rotatable bonds is 5. The number of aromatic amines is 1. The number of carbonyl (C=O) groups excluding carboxylic acids is 2. The molecule has 2 heterocycles. The van der Waals surface area contributed by atoms with Crippen LogP contribution in [0.5, 0.6) is 0 Å². The lowest BCUT2D eigenvalue weighted by atomic mass is 10.2. The molecule has 3 N–H and O–H groups in total. The van der Waals surface area contributed by atoms with Crippen LogP contribution in [-0.2, 0) is 4.79 Å². The van der Waals surface area contributed by atoms with Crippen molar-refractivity contribution in [1.82, 2.24) is 15.3 Å². The fourth-order valence-electron chi connectivity index (χ4n) is 2.25. The van der Waals surface area contributed by atoms with Crippen molar-refractivity contribution in [3.05, 3.63) is 60.2 Å². The Labute approximate surface area is 137 Å². The van der Waals surface area contributed by atoms with Crippen LogP contribution in [0.2, 0.25) is 0 Å². The fraction of sp³-hybridized carbons (Fsp3) is 0.118. The third-order valence-corrected chi connectivity index (χ3v) is 3.40. The first-order chi connectivity index (χ1) is 11.6. The van der Waals surface area contributed by atoms with E-state index < -0.39 is 0 Å². The molecule has 1 aromatic carbocycles. The van der Waals surface area contributed by atoms with Crippen molar-refractivity contribution in [3.8, 4) is 0 Å². The Morgan fingerprint density at radius 3 is 2.83 bits per heavy atom. The van der Waals surface area contributed by atoms with Crippen molar-refractivity contribution < 1.29 is 14.0 Å². The number of nitrogens with one attached hydrogen (secondary N) is 3. The van der Waals surface area contributed by atoms with E-state index in [1.54, 1.807) is 36.5 Å². The van der Waals surface area contributed by atoms with E-state index in [1.807, 2.05) is 0 Å². The molecule has 3 rings (SSSR count). The molecule has 0 atom stereocenters. The lowest BCUT2D eigenvalue weighted by molar-refractivity contribution is -0.116. The maximum Gasteiger partial charge on any atom is 0.267 e. The van der Waals surface area contributed by atoms with E-state index in [9.17, 15) is 14.0 Å². The molecule has 0 fully saturated rings. The smallest absolute Gasteiger partial charge is 0.267 e. The van der Waals surface area contributed by atoms with E-state index in [0.717, 1.165) is 0 Å². The highest BCUT2D eigenvalue weighted by molar-refractivity contribution is 5.98. The molecule has 0 spiro atoms. The molecule has 0 radical (unpaired) electrons. The average molecular weight is 326 g/mol. The Bertz CT molecular complexity index is 877. The van der Waals surface area contributed by atoms with Gasteiger partial charge in [0.05, 0.1) is 0 Å². The first-order valence-electron chi connectivity index (χ1n) is 7.39. The molecule has 122 valence electrons. The van der Waals surface area contributed by atoms with E-state index in [0.29, 0.717) is 22.4 Å². The van der Waals surface area contributed by atoms with Gasteiger partial charge in [-0.25, -0.2) is 9.37 Å². The van der Waals surface area contributed by atoms with Crippen molar-refractivity contribution >= 4 is 28.5 Å². The van der Waals surface area contributed by atoms with Crippen LogP contribution in [0.1, 0.15) is 16.9 Å². The highest BCUT2D eigenvalue weighted by atomic mass is 19.1. The highest BCUT2D eigenvalue weighted by Gasteiger charge is 2.10. The van der Waals surface area contributed by atoms with E-state index in [-0.39, 0.29) is 30.6 Å². The van der Waals surface area contributed by atoms with Crippen LogP contribution in [0, 0.1) is 5.82 Å². The largest absolute Gasteiger partial charge is 0.351 e. The Hall–Kier alpha value is -3.22. The predicted molar refractivity (Wildman–Crippen MR) is 88.1 cm³/mol. The molecule has 7 heteroatoms. The summed E-state index contributed by atoms with van der Waals surface area (Å²) in [4.78, 5) is 30.7. The predicted octanol–water partition coefficient (Wildman–Crippen LogP) is 2.46. The summed E-state index contributed by atoms with van der Waals surface area (Å²) in [5.74, 6) is -0.490. The van der Waals surface area contributed by atoms with E-state index in [4.69, 9.17) is 0 Å². The average Bonchev–Trinajstić information content (AvgIpc) is 2.99. The standard InChI is InChI=1S/C17H15FN4O2/c18-12-4-5-13-11(9-12)10-14(21-13)17(24)20-8-6-16(23)22-15-3-1-2-7-19-15/h1-5,7,9-10,21H,6,8H2,(H,20,24)(H,19,22,23). The Balaban J connectivity index is 1.52. The molecular formula is C17H15FN4O2. The normalized spacial score (nSPS) is 10.5. The number of fused-ring (bicyclic) bond motifs is 1. The Kier molecular flexibility index (Phi) is 4.51. The summed E-state index contributed by atoms with van der Waals surface area (Å²) in [6.07, 6.45) is 1.70. The first-order valence-corrected chi connectivity index (χ1v) is 7.39. The third-order valence-electron chi connectivity index (χ3n) is 3.40. The van der Waals surface area contributed by atoms with Crippen LogP contribution >= 0.6 is 0 Å². The van der Waals surface area contributed by atoms with Gasteiger partial charge in [-0.15, -0.1) is 0 Å². The Morgan fingerprint density at radius 2 is 2.04 bits per heavy atom. The maximum atomic E-state index is 13.2. The van der Waals surface area contributed by atoms with Gasteiger partial charge in [0.2, 0.25) is 5.91 Å². The number of carbonyl (C=O) groups is 2. The summed E-state index contributed by atoms with van der Waals surface area (Å²) in [7, 11) is 0. The molecule has 0 aliphatic heterocycles. The second-order valence-corrected chi connectivity index (χ2v) is 5.18. The maximum absolute atomic E-state index is 13.2. The number of halogens is 1. The van der Waals surface area contributed by atoms with Crippen LogP contribution < -0.4 is 10.6 Å². The molecule has 3 aromatic rings.